The summed E-state index contributed by atoms with van der Waals surface area (Å²) in [7, 11) is 1.33. The van der Waals surface area contributed by atoms with Crippen LogP contribution in [0.25, 0.3) is 11.4 Å². The van der Waals surface area contributed by atoms with Crippen molar-refractivity contribution in [2.45, 2.75) is 17.8 Å². The number of hydrogen-bond donors (Lipinski definition) is 1. The van der Waals surface area contributed by atoms with Crippen LogP contribution < -0.4 is 5.84 Å². The van der Waals surface area contributed by atoms with Crippen molar-refractivity contribution in [3.8, 4) is 11.4 Å². The molecule has 2 N–H and O–H groups in total. The average Bonchev–Trinajstić information content (AvgIpc) is 3.15. The molecule has 0 spiro atoms. The Bertz CT molecular complexity index is 922. The van der Waals surface area contributed by atoms with E-state index in [1.165, 1.54) is 23.5 Å². The van der Waals surface area contributed by atoms with Gasteiger partial charge in [0, 0.05) is 10.6 Å². The zero-order valence-electron chi connectivity index (χ0n) is 13.5. The summed E-state index contributed by atoms with van der Waals surface area (Å²) in [6, 6.07) is 8.87. The summed E-state index contributed by atoms with van der Waals surface area (Å²) < 4.78 is 11.7. The Labute approximate surface area is 153 Å². The van der Waals surface area contributed by atoms with Gasteiger partial charge in [0.15, 0.2) is 5.82 Å². The van der Waals surface area contributed by atoms with E-state index in [1.807, 2.05) is 12.1 Å². The number of carbonyl (C=O) groups is 1. The van der Waals surface area contributed by atoms with Crippen molar-refractivity contribution in [1.29, 1.82) is 0 Å². The number of benzene rings is 1. The molecule has 2 aromatic heterocycles. The number of esters is 1. The number of aromatic nitrogens is 3. The van der Waals surface area contributed by atoms with Crippen molar-refractivity contribution in [1.82, 2.24) is 14.9 Å². The van der Waals surface area contributed by atoms with Gasteiger partial charge in [0.05, 0.1) is 12.9 Å². The molecule has 0 saturated carbocycles. The van der Waals surface area contributed by atoms with E-state index < -0.39 is 5.97 Å². The number of nitrogens with two attached hydrogens (primary N) is 1. The van der Waals surface area contributed by atoms with Crippen LogP contribution in [-0.4, -0.2) is 28.0 Å². The molecule has 0 amide bonds. The number of rotatable bonds is 5. The second-order valence-corrected chi connectivity index (χ2v) is 6.53. The van der Waals surface area contributed by atoms with Gasteiger partial charge in [-0.3, -0.25) is 0 Å². The lowest BCUT2D eigenvalue weighted by atomic mass is 10.2. The summed E-state index contributed by atoms with van der Waals surface area (Å²) >= 11 is 7.34. The first-order valence-corrected chi connectivity index (χ1v) is 8.62. The number of furan rings is 1. The van der Waals surface area contributed by atoms with Crippen LogP contribution in [0.2, 0.25) is 5.02 Å². The predicted octanol–water partition coefficient (Wildman–Crippen LogP) is 3.29. The fraction of sp³-hybridized carbons (Fsp3) is 0.188. The maximum absolute atomic E-state index is 11.6. The maximum Gasteiger partial charge on any atom is 0.341 e. The summed E-state index contributed by atoms with van der Waals surface area (Å²) in [6.07, 6.45) is 0. The molecule has 0 fully saturated rings. The quantitative estimate of drug-likeness (QED) is 0.413. The minimum absolute atomic E-state index is 0.409. The standard InChI is InChI=1S/C16H15ClN4O3S/c1-9-13(15(22)23-2)7-12(24-9)8-25-16-20-19-14(21(16)18)10-4-3-5-11(17)6-10/h3-7H,8,18H2,1-2H3. The van der Waals surface area contributed by atoms with Crippen LogP contribution in [0.15, 0.2) is 39.9 Å². The van der Waals surface area contributed by atoms with Crippen molar-refractivity contribution in [3.63, 3.8) is 0 Å². The molecule has 0 atom stereocenters. The Kier molecular flexibility index (Phi) is 5.00. The number of carbonyl (C=O) groups excluding carboxylic acids is 1. The van der Waals surface area contributed by atoms with Crippen LogP contribution in [0.3, 0.4) is 0 Å². The molecule has 3 rings (SSSR count). The number of aryl methyl sites for hydroxylation is 1. The zero-order chi connectivity index (χ0) is 18.0. The Morgan fingerprint density at radius 3 is 2.92 bits per heavy atom. The molecule has 0 radical (unpaired) electrons. The SMILES string of the molecule is COC(=O)c1cc(CSc2nnc(-c3cccc(Cl)c3)n2N)oc1C. The van der Waals surface area contributed by atoms with Crippen LogP contribution in [0.1, 0.15) is 21.9 Å². The third-order valence-electron chi connectivity index (χ3n) is 3.46. The molecule has 0 aliphatic rings. The Balaban J connectivity index is 1.76. The fourth-order valence-corrected chi connectivity index (χ4v) is 3.19. The second-order valence-electron chi connectivity index (χ2n) is 5.15. The van der Waals surface area contributed by atoms with Crippen molar-refractivity contribution < 1.29 is 13.9 Å². The van der Waals surface area contributed by atoms with Crippen LogP contribution >= 0.6 is 23.4 Å². The first kappa shape index (κ1) is 17.4. The third kappa shape index (κ3) is 3.64. The molecule has 1 aromatic carbocycles. The van der Waals surface area contributed by atoms with Crippen molar-refractivity contribution in [2.24, 2.45) is 0 Å². The van der Waals surface area contributed by atoms with E-state index in [4.69, 9.17) is 26.6 Å². The first-order valence-electron chi connectivity index (χ1n) is 7.26. The molecule has 0 saturated heterocycles. The Morgan fingerprint density at radius 2 is 2.20 bits per heavy atom. The van der Waals surface area contributed by atoms with E-state index in [0.29, 0.717) is 38.8 Å². The summed E-state index contributed by atoms with van der Waals surface area (Å²) in [5.41, 5.74) is 1.18. The molecule has 7 nitrogen and oxygen atoms in total. The number of nitrogen functional groups attached to an aromatic ring is 1. The minimum atomic E-state index is -0.428. The molecule has 130 valence electrons. The van der Waals surface area contributed by atoms with Gasteiger partial charge >= 0.3 is 5.97 Å². The Hall–Kier alpha value is -2.45. The molecule has 9 heteroatoms. The van der Waals surface area contributed by atoms with Crippen molar-refractivity contribution in [3.05, 3.63) is 52.4 Å². The predicted molar refractivity (Wildman–Crippen MR) is 95.0 cm³/mol. The van der Waals surface area contributed by atoms with E-state index in [-0.39, 0.29) is 0 Å². The molecule has 0 bridgehead atoms. The average molecular weight is 379 g/mol. The molecular weight excluding hydrogens is 364 g/mol. The topological polar surface area (TPSA) is 96.2 Å². The van der Waals surface area contributed by atoms with E-state index in [1.54, 1.807) is 25.1 Å². The van der Waals surface area contributed by atoms with Gasteiger partial charge in [-0.1, -0.05) is 35.5 Å². The highest BCUT2D eigenvalue weighted by atomic mass is 35.5. The van der Waals surface area contributed by atoms with Gasteiger partial charge < -0.3 is 15.0 Å². The van der Waals surface area contributed by atoms with Crippen molar-refractivity contribution in [2.75, 3.05) is 13.0 Å². The van der Waals surface area contributed by atoms with Gasteiger partial charge in [-0.05, 0) is 25.1 Å². The van der Waals surface area contributed by atoms with Gasteiger partial charge in [-0.2, -0.15) is 0 Å². The van der Waals surface area contributed by atoms with Crippen LogP contribution in [-0.2, 0) is 10.5 Å². The molecule has 0 aliphatic carbocycles. The molecule has 3 aromatic rings. The summed E-state index contributed by atoms with van der Waals surface area (Å²) in [5.74, 6) is 7.74. The molecule has 0 unspecified atom stereocenters. The minimum Gasteiger partial charge on any atom is -0.465 e. The monoisotopic (exact) mass is 378 g/mol. The lowest BCUT2D eigenvalue weighted by molar-refractivity contribution is 0.0599. The first-order chi connectivity index (χ1) is 12.0. The lowest BCUT2D eigenvalue weighted by Crippen LogP contribution is -2.11. The summed E-state index contributed by atoms with van der Waals surface area (Å²) in [6.45, 7) is 1.71. The lowest BCUT2D eigenvalue weighted by Gasteiger charge is -2.03. The number of halogens is 1. The largest absolute Gasteiger partial charge is 0.465 e. The number of ether oxygens (including phenoxy) is 1. The van der Waals surface area contributed by atoms with Gasteiger partial charge in [0.1, 0.15) is 17.1 Å². The fourth-order valence-electron chi connectivity index (χ4n) is 2.26. The van der Waals surface area contributed by atoms with E-state index in [2.05, 4.69) is 10.2 Å². The normalized spacial score (nSPS) is 10.8. The maximum atomic E-state index is 11.6. The summed E-state index contributed by atoms with van der Waals surface area (Å²) in [4.78, 5) is 11.6. The van der Waals surface area contributed by atoms with Gasteiger partial charge in [-0.25, -0.2) is 9.47 Å². The molecule has 2 heterocycles. The summed E-state index contributed by atoms with van der Waals surface area (Å²) in [5, 5.41) is 9.31. The number of methoxy groups -OCH3 is 1. The number of nitrogens with zero attached hydrogens (tertiary/aromatic N) is 3. The van der Waals surface area contributed by atoms with E-state index >= 15 is 0 Å². The van der Waals surface area contributed by atoms with E-state index in [9.17, 15) is 4.79 Å². The number of hydrogen-bond acceptors (Lipinski definition) is 7. The van der Waals surface area contributed by atoms with Gasteiger partial charge in [-0.15, -0.1) is 10.2 Å². The molecular formula is C16H15ClN4O3S. The van der Waals surface area contributed by atoms with Crippen LogP contribution in [0.5, 0.6) is 0 Å². The van der Waals surface area contributed by atoms with E-state index in [0.717, 1.165) is 5.56 Å². The highest BCUT2D eigenvalue weighted by Crippen LogP contribution is 2.27. The van der Waals surface area contributed by atoms with Crippen LogP contribution in [0, 0.1) is 6.92 Å². The van der Waals surface area contributed by atoms with Crippen LogP contribution in [0.4, 0.5) is 0 Å². The number of thioether (sulfide) groups is 1. The highest BCUT2D eigenvalue weighted by Gasteiger charge is 2.17. The molecule has 0 aliphatic heterocycles. The second kappa shape index (κ2) is 7.20. The molecule has 25 heavy (non-hydrogen) atoms. The smallest absolute Gasteiger partial charge is 0.341 e. The van der Waals surface area contributed by atoms with Gasteiger partial charge in [0.2, 0.25) is 5.16 Å². The zero-order valence-corrected chi connectivity index (χ0v) is 15.1. The third-order valence-corrected chi connectivity index (χ3v) is 4.67. The van der Waals surface area contributed by atoms with Crippen molar-refractivity contribution >= 4 is 29.3 Å². The Morgan fingerprint density at radius 1 is 1.40 bits per heavy atom. The highest BCUT2D eigenvalue weighted by molar-refractivity contribution is 7.98. The van der Waals surface area contributed by atoms with Gasteiger partial charge in [0.25, 0.3) is 0 Å².